The summed E-state index contributed by atoms with van der Waals surface area (Å²) < 4.78 is 1.44. The average Bonchev–Trinajstić information content (AvgIpc) is 3.08. The number of nitrogens with one attached hydrogen (secondary N) is 1. The molecule has 1 aromatic rings. The topological polar surface area (TPSA) is 103 Å². The molecule has 0 saturated heterocycles. The van der Waals surface area contributed by atoms with Gasteiger partial charge >= 0.3 is 0 Å². The van der Waals surface area contributed by atoms with Crippen molar-refractivity contribution in [3.8, 4) is 0 Å². The van der Waals surface area contributed by atoms with Gasteiger partial charge in [0.25, 0.3) is 11.6 Å². The average molecular weight is 252 g/mol. The van der Waals surface area contributed by atoms with Gasteiger partial charge in [0.1, 0.15) is 5.69 Å². The van der Waals surface area contributed by atoms with Crippen LogP contribution in [0, 0.1) is 16.0 Å². The Balaban J connectivity index is 1.97. The van der Waals surface area contributed by atoms with Crippen molar-refractivity contribution in [2.45, 2.75) is 18.9 Å². The van der Waals surface area contributed by atoms with Gasteiger partial charge in [-0.25, -0.2) is 0 Å². The van der Waals surface area contributed by atoms with Crippen molar-refractivity contribution >= 4 is 11.6 Å². The van der Waals surface area contributed by atoms with Crippen LogP contribution >= 0.6 is 0 Å². The van der Waals surface area contributed by atoms with E-state index in [0.717, 1.165) is 12.8 Å². The fourth-order valence-electron chi connectivity index (χ4n) is 1.86. The van der Waals surface area contributed by atoms with E-state index in [-0.39, 0.29) is 23.3 Å². The zero-order chi connectivity index (χ0) is 13.3. The van der Waals surface area contributed by atoms with Crippen LogP contribution in [0.5, 0.6) is 0 Å². The molecule has 2 rings (SSSR count). The van der Waals surface area contributed by atoms with Crippen LogP contribution in [0.3, 0.4) is 0 Å². The third-order valence-electron chi connectivity index (χ3n) is 3.16. The summed E-state index contributed by atoms with van der Waals surface area (Å²) in [5.74, 6) is 0.176. The fourth-order valence-corrected chi connectivity index (χ4v) is 1.86. The minimum Gasteiger partial charge on any atom is -0.349 e. The number of aryl methyl sites for hydroxylation is 1. The molecule has 0 bridgehead atoms. The molecule has 0 spiro atoms. The van der Waals surface area contributed by atoms with Gasteiger partial charge in [0.15, 0.2) is 0 Å². The predicted octanol–water partition coefficient (Wildman–Crippen LogP) is 0.400. The van der Waals surface area contributed by atoms with Crippen LogP contribution in [0.2, 0.25) is 0 Å². The number of carbonyl (C=O) groups excluding carboxylic acids is 1. The van der Waals surface area contributed by atoms with Gasteiger partial charge in [0, 0.05) is 25.7 Å². The first-order valence-corrected chi connectivity index (χ1v) is 5.83. The minimum absolute atomic E-state index is 0.0239. The maximum absolute atomic E-state index is 11.8. The van der Waals surface area contributed by atoms with Crippen LogP contribution in [-0.2, 0) is 7.05 Å². The molecule has 0 aliphatic heterocycles. The van der Waals surface area contributed by atoms with Crippen molar-refractivity contribution in [3.63, 3.8) is 0 Å². The molecular formula is C11H16N4O3. The molecule has 0 radical (unpaired) electrons. The van der Waals surface area contributed by atoms with Crippen LogP contribution < -0.4 is 11.1 Å². The van der Waals surface area contributed by atoms with Crippen molar-refractivity contribution in [2.24, 2.45) is 18.7 Å². The zero-order valence-electron chi connectivity index (χ0n) is 10.1. The first kappa shape index (κ1) is 12.6. The zero-order valence-corrected chi connectivity index (χ0v) is 10.1. The summed E-state index contributed by atoms with van der Waals surface area (Å²) in [6.07, 6.45) is 3.55. The second-order valence-electron chi connectivity index (χ2n) is 4.66. The molecule has 98 valence electrons. The van der Waals surface area contributed by atoms with E-state index in [9.17, 15) is 14.9 Å². The summed E-state index contributed by atoms with van der Waals surface area (Å²) in [6, 6.07) is 1.24. The Hall–Kier alpha value is -1.89. The molecule has 7 heteroatoms. The number of hydrogen-bond acceptors (Lipinski definition) is 4. The van der Waals surface area contributed by atoms with Gasteiger partial charge in [-0.3, -0.25) is 14.9 Å². The summed E-state index contributed by atoms with van der Waals surface area (Å²) in [5.41, 5.74) is 6.05. The summed E-state index contributed by atoms with van der Waals surface area (Å²) in [7, 11) is 1.60. The Morgan fingerprint density at radius 2 is 2.39 bits per heavy atom. The van der Waals surface area contributed by atoms with Crippen LogP contribution in [0.1, 0.15) is 23.3 Å². The lowest BCUT2D eigenvalue weighted by atomic mass is 10.2. The number of carbonyl (C=O) groups is 1. The molecule has 1 heterocycles. The SMILES string of the molecule is Cn1cc([N+](=O)[O-])cc1C(=O)NCC(N)C1CC1. The molecular weight excluding hydrogens is 236 g/mol. The van der Waals surface area contributed by atoms with E-state index in [2.05, 4.69) is 5.32 Å². The van der Waals surface area contributed by atoms with E-state index in [1.165, 1.54) is 16.8 Å². The number of hydrogen-bond donors (Lipinski definition) is 2. The second kappa shape index (κ2) is 4.77. The maximum Gasteiger partial charge on any atom is 0.287 e. The predicted molar refractivity (Wildman–Crippen MR) is 65.1 cm³/mol. The maximum atomic E-state index is 11.8. The minimum atomic E-state index is -0.521. The summed E-state index contributed by atoms with van der Waals surface area (Å²) >= 11 is 0. The Morgan fingerprint density at radius 1 is 1.72 bits per heavy atom. The van der Waals surface area contributed by atoms with Crippen molar-refractivity contribution in [3.05, 3.63) is 28.1 Å². The number of nitro groups is 1. The first-order valence-electron chi connectivity index (χ1n) is 5.83. The monoisotopic (exact) mass is 252 g/mol. The van der Waals surface area contributed by atoms with Gasteiger partial charge in [-0.2, -0.15) is 0 Å². The standard InChI is InChI=1S/C11H16N4O3/c1-14-6-8(15(17)18)4-10(14)11(16)13-5-9(12)7-2-3-7/h4,6-7,9H,2-3,5,12H2,1H3,(H,13,16). The summed E-state index contributed by atoms with van der Waals surface area (Å²) in [6.45, 7) is 0.405. The fraction of sp³-hybridized carbons (Fsp3) is 0.545. The highest BCUT2D eigenvalue weighted by Gasteiger charge is 2.28. The Kier molecular flexibility index (Phi) is 3.33. The number of rotatable bonds is 5. The molecule has 18 heavy (non-hydrogen) atoms. The molecule has 1 amide bonds. The normalized spacial score (nSPS) is 16.3. The van der Waals surface area contributed by atoms with Crippen molar-refractivity contribution in [1.29, 1.82) is 0 Å². The molecule has 3 N–H and O–H groups in total. The third kappa shape index (κ3) is 2.67. The van der Waals surface area contributed by atoms with E-state index in [0.29, 0.717) is 12.5 Å². The van der Waals surface area contributed by atoms with Crippen LogP contribution in [-0.4, -0.2) is 28.0 Å². The highest BCUT2D eigenvalue weighted by Crippen LogP contribution is 2.31. The summed E-state index contributed by atoms with van der Waals surface area (Å²) in [4.78, 5) is 21.9. The largest absolute Gasteiger partial charge is 0.349 e. The summed E-state index contributed by atoms with van der Waals surface area (Å²) in [5, 5.41) is 13.3. The van der Waals surface area contributed by atoms with Gasteiger partial charge in [-0.05, 0) is 18.8 Å². The lowest BCUT2D eigenvalue weighted by Crippen LogP contribution is -2.39. The Morgan fingerprint density at radius 3 is 2.89 bits per heavy atom. The lowest BCUT2D eigenvalue weighted by Gasteiger charge is -2.11. The van der Waals surface area contributed by atoms with Crippen molar-refractivity contribution < 1.29 is 9.72 Å². The molecule has 1 fully saturated rings. The van der Waals surface area contributed by atoms with Gasteiger partial charge in [0.2, 0.25) is 0 Å². The van der Waals surface area contributed by atoms with E-state index in [4.69, 9.17) is 5.73 Å². The van der Waals surface area contributed by atoms with Gasteiger partial charge in [0.05, 0.1) is 11.1 Å². The van der Waals surface area contributed by atoms with E-state index < -0.39 is 4.92 Å². The molecule has 1 aliphatic rings. The van der Waals surface area contributed by atoms with Gasteiger partial charge in [-0.1, -0.05) is 0 Å². The van der Waals surface area contributed by atoms with Crippen molar-refractivity contribution in [1.82, 2.24) is 9.88 Å². The van der Waals surface area contributed by atoms with E-state index in [1.54, 1.807) is 7.05 Å². The number of nitrogens with two attached hydrogens (primary N) is 1. The number of nitrogens with zero attached hydrogens (tertiary/aromatic N) is 2. The highest BCUT2D eigenvalue weighted by molar-refractivity contribution is 5.93. The Bertz CT molecular complexity index is 479. The van der Waals surface area contributed by atoms with Crippen LogP contribution in [0.4, 0.5) is 5.69 Å². The first-order chi connectivity index (χ1) is 8.49. The Labute approximate surface area is 104 Å². The lowest BCUT2D eigenvalue weighted by molar-refractivity contribution is -0.384. The molecule has 1 atom stereocenters. The molecule has 7 nitrogen and oxygen atoms in total. The molecule has 1 saturated carbocycles. The van der Waals surface area contributed by atoms with E-state index >= 15 is 0 Å². The van der Waals surface area contributed by atoms with Crippen LogP contribution in [0.15, 0.2) is 12.3 Å². The molecule has 1 aromatic heterocycles. The molecule has 1 unspecified atom stereocenters. The third-order valence-corrected chi connectivity index (χ3v) is 3.16. The number of aromatic nitrogens is 1. The smallest absolute Gasteiger partial charge is 0.287 e. The quantitative estimate of drug-likeness (QED) is 0.584. The van der Waals surface area contributed by atoms with Crippen molar-refractivity contribution in [2.75, 3.05) is 6.54 Å². The molecule has 0 aromatic carbocycles. The second-order valence-corrected chi connectivity index (χ2v) is 4.66. The number of amides is 1. The van der Waals surface area contributed by atoms with Gasteiger partial charge in [-0.15, -0.1) is 0 Å². The van der Waals surface area contributed by atoms with E-state index in [1.807, 2.05) is 0 Å². The van der Waals surface area contributed by atoms with Gasteiger partial charge < -0.3 is 15.6 Å². The van der Waals surface area contributed by atoms with Crippen LogP contribution in [0.25, 0.3) is 0 Å². The highest BCUT2D eigenvalue weighted by atomic mass is 16.6. The molecule has 1 aliphatic carbocycles.